The van der Waals surface area contributed by atoms with E-state index in [0.29, 0.717) is 5.69 Å². The van der Waals surface area contributed by atoms with Crippen LogP contribution in [0.25, 0.3) is 0 Å². The van der Waals surface area contributed by atoms with E-state index in [1.165, 1.54) is 19.3 Å². The summed E-state index contributed by atoms with van der Waals surface area (Å²) in [6, 6.07) is 3.60. The lowest BCUT2D eigenvalue weighted by atomic mass is 9.74. The summed E-state index contributed by atoms with van der Waals surface area (Å²) in [5.74, 6) is 0.795. The van der Waals surface area contributed by atoms with Crippen molar-refractivity contribution in [2.24, 2.45) is 5.41 Å². The minimum atomic E-state index is 0.0323. The Hall–Kier alpha value is -1.29. The number of rotatable bonds is 4. The summed E-state index contributed by atoms with van der Waals surface area (Å²) in [4.78, 5) is 4.22. The minimum Gasteiger partial charge on any atom is -0.399 e. The molecule has 0 aliphatic heterocycles. The Morgan fingerprint density at radius 1 is 1.35 bits per heavy atom. The number of hydrogen-bond donors (Lipinski definition) is 3. The number of aliphatic hydroxyl groups excluding tert-OH is 1. The van der Waals surface area contributed by atoms with Crippen molar-refractivity contribution in [1.82, 2.24) is 4.98 Å². The van der Waals surface area contributed by atoms with Crippen LogP contribution in [-0.4, -0.2) is 23.2 Å². The molecule has 0 saturated heterocycles. The van der Waals surface area contributed by atoms with Gasteiger partial charge in [0, 0.05) is 29.9 Å². The van der Waals surface area contributed by atoms with Crippen LogP contribution in [0.3, 0.4) is 0 Å². The van der Waals surface area contributed by atoms with E-state index in [1.807, 2.05) is 6.07 Å². The first kappa shape index (κ1) is 12.2. The van der Waals surface area contributed by atoms with E-state index in [-0.39, 0.29) is 12.0 Å². The maximum Gasteiger partial charge on any atom is 0.127 e. The zero-order chi connectivity index (χ0) is 12.1. The van der Waals surface area contributed by atoms with Gasteiger partial charge in [-0.2, -0.15) is 0 Å². The third kappa shape index (κ3) is 3.09. The summed E-state index contributed by atoms with van der Waals surface area (Å²) in [6.07, 6.45) is 7.61. The topological polar surface area (TPSA) is 71.2 Å². The molecule has 1 fully saturated rings. The summed E-state index contributed by atoms with van der Waals surface area (Å²) < 4.78 is 0. The van der Waals surface area contributed by atoms with Gasteiger partial charge in [-0.3, -0.25) is 0 Å². The average molecular weight is 235 g/mol. The van der Waals surface area contributed by atoms with Crippen LogP contribution in [0.5, 0.6) is 0 Å². The van der Waals surface area contributed by atoms with E-state index in [2.05, 4.69) is 10.3 Å². The fourth-order valence-electron chi connectivity index (χ4n) is 2.51. The van der Waals surface area contributed by atoms with Crippen molar-refractivity contribution < 1.29 is 5.11 Å². The van der Waals surface area contributed by atoms with Crippen molar-refractivity contribution in [1.29, 1.82) is 0 Å². The van der Waals surface area contributed by atoms with Crippen molar-refractivity contribution in [2.45, 2.75) is 32.1 Å². The van der Waals surface area contributed by atoms with Crippen LogP contribution in [0.4, 0.5) is 11.5 Å². The number of nitrogens with zero attached hydrogens (tertiary/aromatic N) is 1. The predicted octanol–water partition coefficient (Wildman–Crippen LogP) is 2.02. The zero-order valence-corrected chi connectivity index (χ0v) is 10.2. The SMILES string of the molecule is Nc1ccnc(NCC2(CO)CCCCC2)c1. The van der Waals surface area contributed by atoms with Crippen molar-refractivity contribution in [3.8, 4) is 0 Å². The van der Waals surface area contributed by atoms with Gasteiger partial charge in [0.25, 0.3) is 0 Å². The second-order valence-electron chi connectivity index (χ2n) is 5.05. The molecular formula is C13H21N3O. The maximum atomic E-state index is 9.59. The molecule has 1 aliphatic carbocycles. The lowest BCUT2D eigenvalue weighted by Crippen LogP contribution is -2.35. The van der Waals surface area contributed by atoms with Crippen molar-refractivity contribution in [3.05, 3.63) is 18.3 Å². The first-order valence-electron chi connectivity index (χ1n) is 6.30. The third-order valence-electron chi connectivity index (χ3n) is 3.68. The largest absolute Gasteiger partial charge is 0.399 e. The van der Waals surface area contributed by atoms with Crippen LogP contribution in [-0.2, 0) is 0 Å². The van der Waals surface area contributed by atoms with Gasteiger partial charge in [0.1, 0.15) is 5.82 Å². The zero-order valence-electron chi connectivity index (χ0n) is 10.2. The summed E-state index contributed by atoms with van der Waals surface area (Å²) in [6.45, 7) is 1.03. The van der Waals surface area contributed by atoms with Crippen LogP contribution in [0.1, 0.15) is 32.1 Å². The number of aromatic nitrogens is 1. The summed E-state index contributed by atoms with van der Waals surface area (Å²) in [7, 11) is 0. The summed E-state index contributed by atoms with van der Waals surface area (Å²) in [5, 5.41) is 12.9. The number of pyridine rings is 1. The second-order valence-corrected chi connectivity index (χ2v) is 5.05. The van der Waals surface area contributed by atoms with E-state index in [9.17, 15) is 5.11 Å². The van der Waals surface area contributed by atoms with Crippen LogP contribution < -0.4 is 11.1 Å². The highest BCUT2D eigenvalue weighted by Gasteiger charge is 2.31. The van der Waals surface area contributed by atoms with E-state index >= 15 is 0 Å². The minimum absolute atomic E-state index is 0.0323. The third-order valence-corrected chi connectivity index (χ3v) is 3.68. The molecule has 17 heavy (non-hydrogen) atoms. The molecule has 0 atom stereocenters. The quantitative estimate of drug-likeness (QED) is 0.746. The Labute approximate surface area is 102 Å². The first-order valence-corrected chi connectivity index (χ1v) is 6.30. The molecule has 1 aliphatic rings. The lowest BCUT2D eigenvalue weighted by Gasteiger charge is -2.35. The molecule has 1 saturated carbocycles. The molecule has 0 unspecified atom stereocenters. The Kier molecular flexibility index (Phi) is 3.84. The molecule has 0 aromatic carbocycles. The molecule has 0 bridgehead atoms. The molecule has 1 heterocycles. The number of nitrogens with two attached hydrogens (primary N) is 1. The molecular weight excluding hydrogens is 214 g/mol. The van der Waals surface area contributed by atoms with Gasteiger partial charge in [-0.1, -0.05) is 19.3 Å². The number of nitrogens with one attached hydrogen (secondary N) is 1. The summed E-state index contributed by atoms with van der Waals surface area (Å²) >= 11 is 0. The van der Waals surface area contributed by atoms with Crippen LogP contribution in [0.2, 0.25) is 0 Å². The smallest absolute Gasteiger partial charge is 0.127 e. The number of nitrogen functional groups attached to an aromatic ring is 1. The maximum absolute atomic E-state index is 9.59. The Morgan fingerprint density at radius 3 is 2.76 bits per heavy atom. The monoisotopic (exact) mass is 235 g/mol. The highest BCUT2D eigenvalue weighted by Crippen LogP contribution is 2.35. The first-order chi connectivity index (χ1) is 8.24. The molecule has 4 nitrogen and oxygen atoms in total. The standard InChI is InChI=1S/C13H21N3O/c14-11-4-7-15-12(8-11)16-9-13(10-17)5-2-1-3-6-13/h4,7-8,17H,1-3,5-6,9-10H2,(H3,14,15,16). The van der Waals surface area contributed by atoms with E-state index in [4.69, 9.17) is 5.73 Å². The molecule has 1 aromatic rings. The van der Waals surface area contributed by atoms with E-state index < -0.39 is 0 Å². The van der Waals surface area contributed by atoms with Gasteiger partial charge in [0.15, 0.2) is 0 Å². The van der Waals surface area contributed by atoms with E-state index in [1.54, 1.807) is 12.3 Å². The Balaban J connectivity index is 1.95. The van der Waals surface area contributed by atoms with Crippen LogP contribution in [0, 0.1) is 5.41 Å². The highest BCUT2D eigenvalue weighted by molar-refractivity contribution is 5.48. The average Bonchev–Trinajstić information content (AvgIpc) is 2.38. The van der Waals surface area contributed by atoms with Gasteiger partial charge in [0.05, 0.1) is 6.61 Å². The summed E-state index contributed by atoms with van der Waals surface area (Å²) in [5.41, 5.74) is 6.45. The van der Waals surface area contributed by atoms with Gasteiger partial charge in [-0.05, 0) is 18.9 Å². The van der Waals surface area contributed by atoms with Gasteiger partial charge in [-0.15, -0.1) is 0 Å². The van der Waals surface area contributed by atoms with Crippen molar-refractivity contribution in [2.75, 3.05) is 24.2 Å². The number of aliphatic hydroxyl groups is 1. The van der Waals surface area contributed by atoms with Gasteiger partial charge >= 0.3 is 0 Å². The molecule has 2 rings (SSSR count). The number of anilines is 2. The highest BCUT2D eigenvalue weighted by atomic mass is 16.3. The van der Waals surface area contributed by atoms with Crippen molar-refractivity contribution >= 4 is 11.5 Å². The Bertz CT molecular complexity index is 361. The fourth-order valence-corrected chi connectivity index (χ4v) is 2.51. The normalized spacial score (nSPS) is 18.9. The number of hydrogen-bond acceptors (Lipinski definition) is 4. The van der Waals surface area contributed by atoms with Gasteiger partial charge < -0.3 is 16.2 Å². The lowest BCUT2D eigenvalue weighted by molar-refractivity contribution is 0.0943. The molecule has 0 spiro atoms. The molecule has 4 N–H and O–H groups in total. The molecule has 0 amide bonds. The van der Waals surface area contributed by atoms with Crippen molar-refractivity contribution in [3.63, 3.8) is 0 Å². The molecule has 0 radical (unpaired) electrons. The van der Waals surface area contributed by atoms with Crippen LogP contribution >= 0.6 is 0 Å². The molecule has 1 aromatic heterocycles. The van der Waals surface area contributed by atoms with Gasteiger partial charge in [-0.25, -0.2) is 4.98 Å². The predicted molar refractivity (Wildman–Crippen MR) is 69.7 cm³/mol. The fraction of sp³-hybridized carbons (Fsp3) is 0.615. The Morgan fingerprint density at radius 2 is 2.12 bits per heavy atom. The molecule has 4 heteroatoms. The van der Waals surface area contributed by atoms with Crippen LogP contribution in [0.15, 0.2) is 18.3 Å². The van der Waals surface area contributed by atoms with Gasteiger partial charge in [0.2, 0.25) is 0 Å². The second kappa shape index (κ2) is 5.36. The molecule has 94 valence electrons. The van der Waals surface area contributed by atoms with E-state index in [0.717, 1.165) is 25.2 Å².